The fourth-order valence-electron chi connectivity index (χ4n) is 3.09. The molecular weight excluding hydrogens is 358 g/mol. The van der Waals surface area contributed by atoms with Crippen molar-refractivity contribution in [1.29, 1.82) is 0 Å². The van der Waals surface area contributed by atoms with E-state index in [1.54, 1.807) is 4.31 Å². The predicted molar refractivity (Wildman–Crippen MR) is 112 cm³/mol. The summed E-state index contributed by atoms with van der Waals surface area (Å²) in [5.74, 6) is 0.252. The zero-order chi connectivity index (χ0) is 18.8. The summed E-state index contributed by atoms with van der Waals surface area (Å²) in [5, 5.41) is 0. The van der Waals surface area contributed by atoms with Gasteiger partial charge in [-0.1, -0.05) is 92.5 Å². The van der Waals surface area contributed by atoms with Crippen LogP contribution in [0.1, 0.15) is 17.2 Å². The van der Waals surface area contributed by atoms with Crippen molar-refractivity contribution in [2.45, 2.75) is 37.8 Å². The summed E-state index contributed by atoms with van der Waals surface area (Å²) in [6.45, 7) is 6.64. The van der Waals surface area contributed by atoms with E-state index in [2.05, 4.69) is 19.6 Å². The lowest BCUT2D eigenvalue weighted by atomic mass is 10.1. The summed E-state index contributed by atoms with van der Waals surface area (Å²) in [6, 6.07) is 20.6. The molecule has 0 N–H and O–H groups in total. The maximum Gasteiger partial charge on any atom is 0.215 e. The van der Waals surface area contributed by atoms with Gasteiger partial charge < -0.3 is 0 Å². The maximum atomic E-state index is 13.0. The smallest absolute Gasteiger partial charge is 0.212 e. The van der Waals surface area contributed by atoms with Gasteiger partial charge in [-0.25, -0.2) is 8.42 Å². The van der Waals surface area contributed by atoms with Gasteiger partial charge in [0, 0.05) is 8.07 Å². The van der Waals surface area contributed by atoms with Crippen LogP contribution in [0, 0.1) is 0 Å². The molecule has 1 heterocycles. The molecule has 26 heavy (non-hydrogen) atoms. The Labute approximate surface area is 158 Å². The summed E-state index contributed by atoms with van der Waals surface area (Å²) < 4.78 is 27.6. The van der Waals surface area contributed by atoms with Gasteiger partial charge in [-0.3, -0.25) is 0 Å². The number of hydrogen-bond acceptors (Lipinski definition) is 2. The number of hydrogen-bond donors (Lipinski definition) is 0. The molecule has 1 aliphatic rings. The van der Waals surface area contributed by atoms with E-state index in [4.69, 9.17) is 0 Å². The minimum Gasteiger partial charge on any atom is -0.212 e. The van der Waals surface area contributed by atoms with Gasteiger partial charge in [0.15, 0.2) is 0 Å². The summed E-state index contributed by atoms with van der Waals surface area (Å²) in [4.78, 5) is 0. The first-order valence-corrected chi connectivity index (χ1v) is 14.4. The Morgan fingerprint density at radius 3 is 2.12 bits per heavy atom. The highest BCUT2D eigenvalue weighted by molar-refractivity contribution is 7.89. The Kier molecular flexibility index (Phi) is 5.51. The second-order valence-electron chi connectivity index (χ2n) is 8.07. The van der Waals surface area contributed by atoms with E-state index >= 15 is 0 Å². The highest BCUT2D eigenvalue weighted by Crippen LogP contribution is 2.47. The number of nitrogens with zero attached hydrogens (tertiary/aromatic N) is 1. The first-order chi connectivity index (χ1) is 12.3. The van der Waals surface area contributed by atoms with E-state index < -0.39 is 18.1 Å². The van der Waals surface area contributed by atoms with Crippen LogP contribution in [0.2, 0.25) is 25.7 Å². The van der Waals surface area contributed by atoms with Gasteiger partial charge in [-0.05, 0) is 17.2 Å². The molecule has 0 spiro atoms. The number of rotatable bonds is 7. The zero-order valence-corrected chi connectivity index (χ0v) is 17.5. The Hall–Kier alpha value is -1.69. The summed E-state index contributed by atoms with van der Waals surface area (Å²) in [7, 11) is -4.66. The largest absolute Gasteiger partial charge is 0.215 e. The molecule has 1 aliphatic heterocycles. The molecule has 0 bridgehead atoms. The molecular formula is C21H27NO2SSi. The lowest BCUT2D eigenvalue weighted by molar-refractivity contribution is 0.552. The van der Waals surface area contributed by atoms with Crippen LogP contribution in [0.25, 0.3) is 6.08 Å². The monoisotopic (exact) mass is 385 g/mol. The van der Waals surface area contributed by atoms with Gasteiger partial charge in [0.05, 0.1) is 17.8 Å². The molecule has 5 heteroatoms. The highest BCUT2D eigenvalue weighted by Gasteiger charge is 2.54. The van der Waals surface area contributed by atoms with E-state index in [9.17, 15) is 8.42 Å². The summed E-state index contributed by atoms with van der Waals surface area (Å²) in [5.41, 5.74) is 2.15. The Balaban J connectivity index is 1.82. The minimum atomic E-state index is -3.25. The molecule has 3 atom stereocenters. The first kappa shape index (κ1) is 19.1. The van der Waals surface area contributed by atoms with Crippen molar-refractivity contribution in [3.63, 3.8) is 0 Å². The van der Waals surface area contributed by atoms with E-state index in [-0.39, 0.29) is 17.8 Å². The molecule has 0 aliphatic carbocycles. The van der Waals surface area contributed by atoms with Gasteiger partial charge in [-0.2, -0.15) is 4.31 Å². The van der Waals surface area contributed by atoms with Crippen molar-refractivity contribution >= 4 is 24.2 Å². The molecule has 0 radical (unpaired) electrons. The number of benzene rings is 2. The second kappa shape index (κ2) is 7.51. The zero-order valence-electron chi connectivity index (χ0n) is 15.7. The normalized spacial score (nSPS) is 23.3. The van der Waals surface area contributed by atoms with Crippen LogP contribution in [0.3, 0.4) is 0 Å². The fraction of sp³-hybridized carbons (Fsp3) is 0.333. The lowest BCUT2D eigenvalue weighted by Crippen LogP contribution is -2.27. The van der Waals surface area contributed by atoms with Crippen molar-refractivity contribution in [3.8, 4) is 0 Å². The molecule has 2 aromatic carbocycles. The third-order valence-electron chi connectivity index (χ3n) is 4.66. The van der Waals surface area contributed by atoms with Gasteiger partial charge in [0.1, 0.15) is 0 Å². The summed E-state index contributed by atoms with van der Waals surface area (Å²) in [6.07, 6.45) is 4.05. The van der Waals surface area contributed by atoms with Crippen LogP contribution >= 0.6 is 0 Å². The van der Waals surface area contributed by atoms with E-state index in [1.165, 1.54) is 0 Å². The van der Waals surface area contributed by atoms with Crippen LogP contribution in [0.15, 0.2) is 66.7 Å². The van der Waals surface area contributed by atoms with Crippen molar-refractivity contribution in [2.75, 3.05) is 5.75 Å². The van der Waals surface area contributed by atoms with Crippen LogP contribution in [-0.4, -0.2) is 32.6 Å². The maximum absolute atomic E-state index is 13.0. The Bertz CT molecular complexity index is 858. The fourth-order valence-corrected chi connectivity index (χ4v) is 7.87. The van der Waals surface area contributed by atoms with Crippen molar-refractivity contribution in [3.05, 3.63) is 77.9 Å². The molecule has 1 saturated heterocycles. The van der Waals surface area contributed by atoms with E-state index in [0.29, 0.717) is 0 Å². The van der Waals surface area contributed by atoms with Crippen molar-refractivity contribution < 1.29 is 8.42 Å². The topological polar surface area (TPSA) is 37.1 Å². The number of sulfonamides is 1. The lowest BCUT2D eigenvalue weighted by Gasteiger charge is -2.16. The molecule has 0 saturated carbocycles. The van der Waals surface area contributed by atoms with Gasteiger partial charge >= 0.3 is 0 Å². The van der Waals surface area contributed by atoms with Crippen molar-refractivity contribution in [2.24, 2.45) is 0 Å². The molecule has 0 aromatic heterocycles. The average Bonchev–Trinajstić information content (AvgIpc) is 3.35. The van der Waals surface area contributed by atoms with Crippen LogP contribution in [0.5, 0.6) is 0 Å². The van der Waals surface area contributed by atoms with E-state index in [0.717, 1.165) is 17.2 Å². The third-order valence-corrected chi connectivity index (χ3v) is 8.60. The quantitative estimate of drug-likeness (QED) is 0.507. The molecule has 0 amide bonds. The Morgan fingerprint density at radius 2 is 1.54 bits per heavy atom. The van der Waals surface area contributed by atoms with Crippen LogP contribution < -0.4 is 0 Å². The van der Waals surface area contributed by atoms with Gasteiger partial charge in [-0.15, -0.1) is 0 Å². The van der Waals surface area contributed by atoms with E-state index in [1.807, 2.05) is 72.8 Å². The van der Waals surface area contributed by atoms with Crippen molar-refractivity contribution in [1.82, 2.24) is 4.31 Å². The molecule has 138 valence electrons. The minimum absolute atomic E-state index is 0.0807. The molecule has 3 rings (SSSR count). The first-order valence-electron chi connectivity index (χ1n) is 9.07. The van der Waals surface area contributed by atoms with Gasteiger partial charge in [0.25, 0.3) is 0 Å². The third kappa shape index (κ3) is 4.72. The average molecular weight is 386 g/mol. The molecule has 3 nitrogen and oxygen atoms in total. The SMILES string of the molecule is C[Si](C)(C)CCS(=O)(=O)N1[C@H](/C=C/c2ccccc2)[C@H]1c1ccccc1. The standard InChI is InChI=1S/C21H27NO2SSi/c1-26(2,3)17-16-25(23,24)22-20(15-14-18-10-6-4-7-11-18)21(22)19-12-8-5-9-13-19/h4-15,20-21H,16-17H2,1-3H3/b15-14+/t20-,21-,22?/m1/s1. The molecule has 1 fully saturated rings. The molecule has 2 aromatic rings. The molecule has 1 unspecified atom stereocenters. The second-order valence-corrected chi connectivity index (χ2v) is 15.7. The Morgan fingerprint density at radius 1 is 0.962 bits per heavy atom. The van der Waals surface area contributed by atoms with Crippen LogP contribution in [0.4, 0.5) is 0 Å². The van der Waals surface area contributed by atoms with Crippen LogP contribution in [-0.2, 0) is 10.0 Å². The highest BCUT2D eigenvalue weighted by atomic mass is 32.2. The van der Waals surface area contributed by atoms with Gasteiger partial charge in [0.2, 0.25) is 10.0 Å². The summed E-state index contributed by atoms with van der Waals surface area (Å²) >= 11 is 0. The predicted octanol–water partition coefficient (Wildman–Crippen LogP) is 4.79.